The molecule has 0 spiro atoms. The van der Waals surface area contributed by atoms with E-state index in [2.05, 4.69) is 34.1 Å². The average Bonchev–Trinajstić information content (AvgIpc) is 3.32. The van der Waals surface area contributed by atoms with E-state index in [1.54, 1.807) is 0 Å². The highest BCUT2D eigenvalue weighted by Gasteiger charge is 2.46. The number of carbonyl (C=O) groups excluding carboxylic acids is 1. The summed E-state index contributed by atoms with van der Waals surface area (Å²) in [6.07, 6.45) is -1.60. The first kappa shape index (κ1) is 29.7. The molecule has 3 aromatic carbocycles. The Morgan fingerprint density at radius 3 is 2.05 bits per heavy atom. The van der Waals surface area contributed by atoms with Crippen molar-refractivity contribution >= 4 is 11.9 Å². The first-order chi connectivity index (χ1) is 21.3. The van der Waals surface area contributed by atoms with E-state index in [0.717, 1.165) is 84.8 Å². The zero-order valence-electron chi connectivity index (χ0n) is 24.4. The fourth-order valence-corrected chi connectivity index (χ4v) is 6.37. The number of piperazine rings is 1. The molecule has 1 aliphatic heterocycles. The van der Waals surface area contributed by atoms with Crippen LogP contribution in [0.15, 0.2) is 97.2 Å². The predicted octanol–water partition coefficient (Wildman–Crippen LogP) is 7.25. The molecule has 1 fully saturated rings. The fourth-order valence-electron chi connectivity index (χ4n) is 6.37. The number of alkyl carbamates (subject to hydrolysis) is 1. The maximum atomic E-state index is 12.8. The normalized spacial score (nSPS) is 15.8. The zero-order chi connectivity index (χ0) is 30.6. The number of anilines is 1. The van der Waals surface area contributed by atoms with Crippen molar-refractivity contribution in [3.63, 3.8) is 0 Å². The van der Waals surface area contributed by atoms with Crippen molar-refractivity contribution in [2.24, 2.45) is 0 Å². The minimum absolute atomic E-state index is 0.470. The summed E-state index contributed by atoms with van der Waals surface area (Å²) in [5.74, 6) is 0.978. The molecule has 1 amide bonds. The van der Waals surface area contributed by atoms with Crippen molar-refractivity contribution in [3.05, 3.63) is 108 Å². The SMILES string of the molecule is O=C(NCC(F)(F)F)OC1(CCCCN2CCN(c3ccc(-c4ccccc4)cn3)CC2)c2ccccc2-c2ccccc21. The second kappa shape index (κ2) is 12.7. The Hall–Kier alpha value is -4.37. The standard InChI is InChI=1S/C35H35F3N4O2/c36-35(37,38)25-40-33(43)44-34(30-14-6-4-12-28(30)29-13-5-7-15-31(29)34)18-8-9-19-41-20-22-42(23-21-41)32-17-16-27(24-39-32)26-10-2-1-3-11-26/h1-7,10-17,24H,8-9,18-23,25H2,(H,40,43). The molecule has 2 aliphatic rings. The largest absolute Gasteiger partial charge is 0.433 e. The Kier molecular flexibility index (Phi) is 8.57. The van der Waals surface area contributed by atoms with Gasteiger partial charge in [-0.15, -0.1) is 0 Å². The summed E-state index contributed by atoms with van der Waals surface area (Å²) >= 11 is 0. The third-order valence-corrected chi connectivity index (χ3v) is 8.52. The molecule has 6 nitrogen and oxygen atoms in total. The van der Waals surface area contributed by atoms with Crippen LogP contribution < -0.4 is 10.2 Å². The average molecular weight is 601 g/mol. The predicted molar refractivity (Wildman–Crippen MR) is 165 cm³/mol. The number of halogens is 3. The van der Waals surface area contributed by atoms with Gasteiger partial charge in [0.05, 0.1) is 0 Å². The number of rotatable bonds is 9. The molecule has 1 saturated heterocycles. The topological polar surface area (TPSA) is 57.7 Å². The van der Waals surface area contributed by atoms with E-state index in [1.807, 2.05) is 78.2 Å². The Labute approximate surface area is 255 Å². The van der Waals surface area contributed by atoms with Gasteiger partial charge in [-0.1, -0.05) is 78.9 Å². The van der Waals surface area contributed by atoms with Crippen molar-refractivity contribution in [2.75, 3.05) is 44.2 Å². The molecule has 228 valence electrons. The summed E-state index contributed by atoms with van der Waals surface area (Å²) < 4.78 is 44.5. The van der Waals surface area contributed by atoms with Gasteiger partial charge in [-0.05, 0) is 54.6 Å². The van der Waals surface area contributed by atoms with Gasteiger partial charge in [0.2, 0.25) is 0 Å². The number of pyridine rings is 1. The van der Waals surface area contributed by atoms with Crippen molar-refractivity contribution in [2.45, 2.75) is 31.0 Å². The van der Waals surface area contributed by atoms with Crippen molar-refractivity contribution in [1.82, 2.24) is 15.2 Å². The van der Waals surface area contributed by atoms with Gasteiger partial charge in [-0.3, -0.25) is 4.90 Å². The number of hydrogen-bond donors (Lipinski definition) is 1. The number of nitrogens with zero attached hydrogens (tertiary/aromatic N) is 3. The first-order valence-corrected chi connectivity index (χ1v) is 15.0. The van der Waals surface area contributed by atoms with E-state index >= 15 is 0 Å². The number of carbonyl (C=O) groups is 1. The molecule has 1 aliphatic carbocycles. The summed E-state index contributed by atoms with van der Waals surface area (Å²) in [5.41, 5.74) is 4.58. The number of nitrogens with one attached hydrogen (secondary N) is 1. The lowest BCUT2D eigenvalue weighted by Gasteiger charge is -2.36. The van der Waals surface area contributed by atoms with Gasteiger partial charge in [0.25, 0.3) is 0 Å². The van der Waals surface area contributed by atoms with Crippen LogP contribution in [0.2, 0.25) is 0 Å². The second-order valence-corrected chi connectivity index (χ2v) is 11.3. The highest BCUT2D eigenvalue weighted by atomic mass is 19.4. The van der Waals surface area contributed by atoms with Crippen molar-refractivity contribution in [1.29, 1.82) is 0 Å². The van der Waals surface area contributed by atoms with E-state index < -0.39 is 24.4 Å². The highest BCUT2D eigenvalue weighted by Crippen LogP contribution is 2.52. The van der Waals surface area contributed by atoms with Gasteiger partial charge in [-0.2, -0.15) is 13.2 Å². The van der Waals surface area contributed by atoms with Crippen molar-refractivity contribution in [3.8, 4) is 22.3 Å². The summed E-state index contributed by atoms with van der Waals surface area (Å²) in [6.45, 7) is 3.03. The molecule has 2 heterocycles. The van der Waals surface area contributed by atoms with Gasteiger partial charge >= 0.3 is 12.3 Å². The lowest BCUT2D eigenvalue weighted by molar-refractivity contribution is -0.124. The number of ether oxygens (including phenoxy) is 1. The molecule has 0 radical (unpaired) electrons. The quantitative estimate of drug-likeness (QED) is 0.205. The lowest BCUT2D eigenvalue weighted by atomic mass is 9.86. The minimum atomic E-state index is -4.52. The number of hydrogen-bond acceptors (Lipinski definition) is 5. The Balaban J connectivity index is 1.07. The zero-order valence-corrected chi connectivity index (χ0v) is 24.4. The fraction of sp³-hybridized carbons (Fsp3) is 0.314. The van der Waals surface area contributed by atoms with E-state index in [4.69, 9.17) is 9.72 Å². The van der Waals surface area contributed by atoms with Crippen LogP contribution in [0.25, 0.3) is 22.3 Å². The van der Waals surface area contributed by atoms with Crippen LogP contribution in [0.3, 0.4) is 0 Å². The number of unbranched alkanes of at least 4 members (excludes halogenated alkanes) is 1. The molecule has 0 unspecified atom stereocenters. The maximum Gasteiger partial charge on any atom is 0.408 e. The molecular formula is C35H35F3N4O2. The number of amides is 1. The molecule has 4 aromatic rings. The van der Waals surface area contributed by atoms with E-state index in [-0.39, 0.29) is 0 Å². The monoisotopic (exact) mass is 600 g/mol. The van der Waals surface area contributed by atoms with Crippen LogP contribution in [0.5, 0.6) is 0 Å². The molecule has 0 atom stereocenters. The van der Waals surface area contributed by atoms with Crippen LogP contribution in [0.1, 0.15) is 30.4 Å². The summed E-state index contributed by atoms with van der Waals surface area (Å²) in [7, 11) is 0. The number of fused-ring (bicyclic) bond motifs is 3. The van der Waals surface area contributed by atoms with Crippen LogP contribution >= 0.6 is 0 Å². The Bertz CT molecular complexity index is 1520. The molecule has 1 aromatic heterocycles. The minimum Gasteiger partial charge on any atom is -0.433 e. The van der Waals surface area contributed by atoms with Crippen LogP contribution in [0.4, 0.5) is 23.8 Å². The van der Waals surface area contributed by atoms with E-state index in [1.165, 1.54) is 0 Å². The number of benzene rings is 3. The second-order valence-electron chi connectivity index (χ2n) is 11.3. The van der Waals surface area contributed by atoms with Crippen LogP contribution in [-0.4, -0.2) is 61.4 Å². The Morgan fingerprint density at radius 2 is 1.43 bits per heavy atom. The van der Waals surface area contributed by atoms with Crippen LogP contribution in [-0.2, 0) is 10.3 Å². The van der Waals surface area contributed by atoms with E-state index in [0.29, 0.717) is 6.42 Å². The lowest BCUT2D eigenvalue weighted by Crippen LogP contribution is -2.47. The molecule has 6 rings (SSSR count). The number of aromatic nitrogens is 1. The number of alkyl halides is 3. The van der Waals surface area contributed by atoms with Gasteiger partial charge in [0.1, 0.15) is 12.4 Å². The molecule has 0 bridgehead atoms. The summed E-state index contributed by atoms with van der Waals surface area (Å²) in [6, 6.07) is 29.8. The molecular weight excluding hydrogens is 565 g/mol. The first-order valence-electron chi connectivity index (χ1n) is 15.0. The summed E-state index contributed by atoms with van der Waals surface area (Å²) in [4.78, 5) is 22.2. The van der Waals surface area contributed by atoms with Crippen molar-refractivity contribution < 1.29 is 22.7 Å². The molecule has 44 heavy (non-hydrogen) atoms. The van der Waals surface area contributed by atoms with E-state index in [9.17, 15) is 18.0 Å². The third-order valence-electron chi connectivity index (χ3n) is 8.52. The summed E-state index contributed by atoms with van der Waals surface area (Å²) in [5, 5.41) is 1.90. The molecule has 0 saturated carbocycles. The van der Waals surface area contributed by atoms with Crippen LogP contribution in [0, 0.1) is 0 Å². The molecule has 9 heteroatoms. The van der Waals surface area contributed by atoms with Gasteiger partial charge in [0.15, 0.2) is 5.60 Å². The van der Waals surface area contributed by atoms with Gasteiger partial charge in [-0.25, -0.2) is 9.78 Å². The maximum absolute atomic E-state index is 12.8. The molecule has 1 N–H and O–H groups in total. The third kappa shape index (κ3) is 6.43. The smallest absolute Gasteiger partial charge is 0.408 e. The highest BCUT2D eigenvalue weighted by molar-refractivity contribution is 5.82. The van der Waals surface area contributed by atoms with Gasteiger partial charge < -0.3 is 15.0 Å². The Morgan fingerprint density at radius 1 is 0.795 bits per heavy atom. The van der Waals surface area contributed by atoms with Gasteiger partial charge in [0, 0.05) is 49.1 Å².